The Bertz CT molecular complexity index is 943. The van der Waals surface area contributed by atoms with Crippen LogP contribution in [0.1, 0.15) is 106 Å². The van der Waals surface area contributed by atoms with Crippen LogP contribution in [-0.4, -0.2) is 23.4 Å². The van der Waals surface area contributed by atoms with Gasteiger partial charge in [0.25, 0.3) is 0 Å². The highest BCUT2D eigenvalue weighted by atomic mass is 16.7. The van der Waals surface area contributed by atoms with E-state index in [0.717, 1.165) is 37.3 Å². The summed E-state index contributed by atoms with van der Waals surface area (Å²) in [6.45, 7) is 15.5. The Kier molecular flexibility index (Phi) is 8.22. The van der Waals surface area contributed by atoms with Crippen LogP contribution >= 0.6 is 0 Å². The third kappa shape index (κ3) is 5.53. The standard InChI is InChI=1S/C32H49NO3/c1-21(2)22(3)10-11-23(4)29-14-15-30-26(9-8-17-31(29,30)7)12-13-27-19-28(35-25(6)34)16-18-32(27)20-24(5)33-36-32/h10-13,21-23,28-30H,8-9,14-20H2,1-7H3/b11-10+,26-12+,27-13+/t22-,23+,28-,29+,30-,31+,32-/m0/s1. The number of hydrogen-bond acceptors (Lipinski definition) is 4. The summed E-state index contributed by atoms with van der Waals surface area (Å²) in [5.41, 5.74) is 3.94. The summed E-state index contributed by atoms with van der Waals surface area (Å²) in [5.74, 6) is 3.17. The van der Waals surface area contributed by atoms with E-state index in [1.54, 1.807) is 5.57 Å². The van der Waals surface area contributed by atoms with E-state index in [9.17, 15) is 4.79 Å². The van der Waals surface area contributed by atoms with Gasteiger partial charge in [-0.1, -0.05) is 69.7 Å². The molecule has 200 valence electrons. The predicted octanol–water partition coefficient (Wildman–Crippen LogP) is 8.19. The zero-order chi connectivity index (χ0) is 26.1. The molecular formula is C32H49NO3. The van der Waals surface area contributed by atoms with Crippen LogP contribution in [0.15, 0.2) is 40.6 Å². The molecule has 0 aromatic carbocycles. The first-order valence-corrected chi connectivity index (χ1v) is 14.5. The molecule has 1 aliphatic heterocycles. The van der Waals surface area contributed by atoms with Gasteiger partial charge >= 0.3 is 5.97 Å². The lowest BCUT2D eigenvalue weighted by atomic mass is 9.61. The normalized spacial score (nSPS) is 38.4. The number of fused-ring (bicyclic) bond motifs is 1. The summed E-state index contributed by atoms with van der Waals surface area (Å²) in [7, 11) is 0. The van der Waals surface area contributed by atoms with Crippen LogP contribution in [0.5, 0.6) is 0 Å². The maximum absolute atomic E-state index is 11.6. The number of carbonyl (C=O) groups is 1. The molecule has 4 aliphatic rings. The van der Waals surface area contributed by atoms with Gasteiger partial charge in [-0.2, -0.15) is 0 Å². The van der Waals surface area contributed by atoms with Gasteiger partial charge in [0.1, 0.15) is 6.10 Å². The van der Waals surface area contributed by atoms with Crippen molar-refractivity contribution in [3.05, 3.63) is 35.5 Å². The topological polar surface area (TPSA) is 47.9 Å². The van der Waals surface area contributed by atoms with Crippen LogP contribution < -0.4 is 0 Å². The van der Waals surface area contributed by atoms with Crippen LogP contribution in [0.4, 0.5) is 0 Å². The fourth-order valence-electron chi connectivity index (χ4n) is 7.65. The van der Waals surface area contributed by atoms with E-state index in [-0.39, 0.29) is 17.7 Å². The average molecular weight is 496 g/mol. The number of hydrogen-bond donors (Lipinski definition) is 0. The van der Waals surface area contributed by atoms with E-state index in [1.807, 2.05) is 6.92 Å². The van der Waals surface area contributed by atoms with Gasteiger partial charge in [-0.3, -0.25) is 4.79 Å². The van der Waals surface area contributed by atoms with E-state index in [4.69, 9.17) is 9.57 Å². The minimum atomic E-state index is -0.347. The molecule has 0 amide bonds. The summed E-state index contributed by atoms with van der Waals surface area (Å²) in [6.07, 6.45) is 19.4. The van der Waals surface area contributed by atoms with Gasteiger partial charge in [-0.25, -0.2) is 0 Å². The largest absolute Gasteiger partial charge is 0.462 e. The van der Waals surface area contributed by atoms with Gasteiger partial charge in [-0.15, -0.1) is 0 Å². The maximum atomic E-state index is 11.6. The van der Waals surface area contributed by atoms with Crippen molar-refractivity contribution in [1.82, 2.24) is 0 Å². The number of carbonyl (C=O) groups excluding carboxylic acids is 1. The van der Waals surface area contributed by atoms with Gasteiger partial charge in [-0.05, 0) is 92.4 Å². The van der Waals surface area contributed by atoms with Gasteiger partial charge in [0.05, 0.1) is 5.71 Å². The highest BCUT2D eigenvalue weighted by molar-refractivity contribution is 5.84. The van der Waals surface area contributed by atoms with Crippen molar-refractivity contribution in [3.63, 3.8) is 0 Å². The lowest BCUT2D eigenvalue weighted by Gasteiger charge is -2.44. The molecule has 36 heavy (non-hydrogen) atoms. The second-order valence-electron chi connectivity index (χ2n) is 12.9. The number of allylic oxidation sites excluding steroid dienone is 5. The van der Waals surface area contributed by atoms with Gasteiger partial charge in [0, 0.05) is 19.8 Å². The molecule has 7 atom stereocenters. The number of ether oxygens (including phenoxy) is 1. The molecule has 3 aliphatic carbocycles. The van der Waals surface area contributed by atoms with E-state index in [1.165, 1.54) is 44.6 Å². The lowest BCUT2D eigenvalue weighted by molar-refractivity contribution is -0.149. The smallest absolute Gasteiger partial charge is 0.302 e. The highest BCUT2D eigenvalue weighted by Crippen LogP contribution is 2.59. The summed E-state index contributed by atoms with van der Waals surface area (Å²) in [6, 6.07) is 0. The second kappa shape index (κ2) is 10.9. The lowest BCUT2D eigenvalue weighted by Crippen LogP contribution is -2.39. The fourth-order valence-corrected chi connectivity index (χ4v) is 7.65. The third-order valence-electron chi connectivity index (χ3n) is 10.1. The Hall–Kier alpha value is -1.84. The number of nitrogens with zero attached hydrogens (tertiary/aromatic N) is 1. The second-order valence-corrected chi connectivity index (χ2v) is 12.9. The van der Waals surface area contributed by atoms with E-state index < -0.39 is 0 Å². The van der Waals surface area contributed by atoms with Crippen molar-refractivity contribution in [2.24, 2.45) is 40.2 Å². The van der Waals surface area contributed by atoms with Crippen LogP contribution in [-0.2, 0) is 14.4 Å². The summed E-state index contributed by atoms with van der Waals surface area (Å²) >= 11 is 0. The van der Waals surface area contributed by atoms with Crippen molar-refractivity contribution in [2.75, 3.05) is 0 Å². The predicted molar refractivity (Wildman–Crippen MR) is 148 cm³/mol. The third-order valence-corrected chi connectivity index (χ3v) is 10.1. The Morgan fingerprint density at radius 3 is 2.56 bits per heavy atom. The first-order chi connectivity index (χ1) is 17.0. The molecule has 1 heterocycles. The van der Waals surface area contributed by atoms with Crippen LogP contribution in [0, 0.1) is 35.0 Å². The van der Waals surface area contributed by atoms with E-state index in [2.05, 4.69) is 64.1 Å². The first-order valence-electron chi connectivity index (χ1n) is 14.5. The average Bonchev–Trinajstić information content (AvgIpc) is 3.37. The fraction of sp³-hybridized carbons (Fsp3) is 0.750. The molecule has 1 spiro atoms. The van der Waals surface area contributed by atoms with Gasteiger partial charge in [0.2, 0.25) is 0 Å². The molecule has 0 saturated heterocycles. The molecule has 4 rings (SSSR count). The SMILES string of the molecule is CC(=O)O[C@H]1CC[C@]2(CC(C)=NO2)/C(=C/C=C2\CCC[C@]3(C)[C@@H]([C@H](C)/C=C/[C@H](C)C(C)C)CC[C@@H]23)C1. The zero-order valence-corrected chi connectivity index (χ0v) is 23.8. The summed E-state index contributed by atoms with van der Waals surface area (Å²) in [5, 5.41) is 4.32. The Morgan fingerprint density at radius 2 is 1.89 bits per heavy atom. The summed E-state index contributed by atoms with van der Waals surface area (Å²) < 4.78 is 5.62. The Balaban J connectivity index is 1.55. The van der Waals surface area contributed by atoms with Crippen molar-refractivity contribution in [1.29, 1.82) is 0 Å². The number of esters is 1. The molecule has 4 nitrogen and oxygen atoms in total. The van der Waals surface area contributed by atoms with Gasteiger partial charge in [0.15, 0.2) is 5.60 Å². The molecule has 0 N–H and O–H groups in total. The monoisotopic (exact) mass is 495 g/mol. The van der Waals surface area contributed by atoms with E-state index >= 15 is 0 Å². The van der Waals surface area contributed by atoms with Crippen molar-refractivity contribution in [3.8, 4) is 0 Å². The molecule has 0 radical (unpaired) electrons. The maximum Gasteiger partial charge on any atom is 0.302 e. The number of oxime groups is 1. The highest BCUT2D eigenvalue weighted by Gasteiger charge is 2.50. The van der Waals surface area contributed by atoms with E-state index in [0.29, 0.717) is 29.1 Å². The first kappa shape index (κ1) is 27.2. The van der Waals surface area contributed by atoms with Crippen molar-refractivity contribution < 1.29 is 14.4 Å². The number of rotatable bonds is 6. The molecule has 4 heteroatoms. The molecule has 0 bridgehead atoms. The van der Waals surface area contributed by atoms with Crippen molar-refractivity contribution >= 4 is 11.7 Å². The van der Waals surface area contributed by atoms with Crippen LogP contribution in [0.3, 0.4) is 0 Å². The van der Waals surface area contributed by atoms with Crippen LogP contribution in [0.2, 0.25) is 0 Å². The molecule has 3 fully saturated rings. The minimum Gasteiger partial charge on any atom is -0.462 e. The van der Waals surface area contributed by atoms with Crippen LogP contribution in [0.25, 0.3) is 0 Å². The molecule has 3 saturated carbocycles. The zero-order valence-electron chi connectivity index (χ0n) is 23.8. The van der Waals surface area contributed by atoms with Gasteiger partial charge < -0.3 is 9.57 Å². The molecule has 0 aromatic rings. The quantitative estimate of drug-likeness (QED) is 0.276. The molecule has 0 unspecified atom stereocenters. The minimum absolute atomic E-state index is 0.0596. The Morgan fingerprint density at radius 1 is 1.11 bits per heavy atom. The molecule has 0 aromatic heterocycles. The summed E-state index contributed by atoms with van der Waals surface area (Å²) in [4.78, 5) is 17.7. The molecular weight excluding hydrogens is 446 g/mol. The van der Waals surface area contributed by atoms with Crippen molar-refractivity contribution in [2.45, 2.75) is 118 Å². The Labute approximate surface area is 219 Å².